The second-order valence-corrected chi connectivity index (χ2v) is 3.11. The average Bonchev–Trinajstić information content (AvgIpc) is 2.11. The summed E-state index contributed by atoms with van der Waals surface area (Å²) < 4.78 is 0. The molecule has 2 N–H and O–H groups in total. The van der Waals surface area contributed by atoms with Gasteiger partial charge >= 0.3 is 5.97 Å². The van der Waals surface area contributed by atoms with Crippen molar-refractivity contribution in [2.45, 2.75) is 13.3 Å². The lowest BCUT2D eigenvalue weighted by Gasteiger charge is -2.17. The van der Waals surface area contributed by atoms with E-state index in [1.165, 1.54) is 11.9 Å². The number of carbonyl (C=O) groups excluding carboxylic acids is 2. The Labute approximate surface area is 87.6 Å². The van der Waals surface area contributed by atoms with E-state index in [1.54, 1.807) is 6.92 Å². The van der Waals surface area contributed by atoms with Crippen LogP contribution in [0.25, 0.3) is 0 Å². The summed E-state index contributed by atoms with van der Waals surface area (Å²) in [6, 6.07) is 0. The molecule has 0 aliphatic rings. The molecule has 0 aromatic heterocycles. The topological polar surface area (TPSA) is 86.7 Å². The Morgan fingerprint density at radius 3 is 2.33 bits per heavy atom. The summed E-state index contributed by atoms with van der Waals surface area (Å²) in [5.41, 5.74) is 0.352. The first-order valence-electron chi connectivity index (χ1n) is 4.24. The summed E-state index contributed by atoms with van der Waals surface area (Å²) in [6.07, 6.45) is -0.602. The van der Waals surface area contributed by atoms with Crippen LogP contribution < -0.4 is 5.32 Å². The smallest absolute Gasteiger partial charge is 0.312 e. The molecule has 0 aliphatic carbocycles. The highest BCUT2D eigenvalue weighted by atomic mass is 16.4. The van der Waals surface area contributed by atoms with Crippen molar-refractivity contribution in [2.75, 3.05) is 13.7 Å². The third kappa shape index (κ3) is 5.45. The first-order chi connectivity index (χ1) is 6.84. The fourth-order valence-corrected chi connectivity index (χ4v) is 0.804. The highest BCUT2D eigenvalue weighted by Gasteiger charge is 2.11. The standard InChI is InChI=1S/C9H14N2O4/c1-6(2)9(15)11(3)5-10-7(12)4-8(13)14/h1,4-5H2,2-3H3,(H,10,12)(H,13,14). The molecular formula is C9H14N2O4. The average molecular weight is 214 g/mol. The van der Waals surface area contributed by atoms with Crippen molar-refractivity contribution in [1.82, 2.24) is 10.2 Å². The largest absolute Gasteiger partial charge is 0.481 e. The van der Waals surface area contributed by atoms with Gasteiger partial charge in [0.2, 0.25) is 11.8 Å². The van der Waals surface area contributed by atoms with Crippen molar-refractivity contribution in [3.63, 3.8) is 0 Å². The zero-order chi connectivity index (χ0) is 12.0. The molecule has 0 aliphatic heterocycles. The molecule has 0 bridgehead atoms. The molecule has 6 nitrogen and oxygen atoms in total. The number of carbonyl (C=O) groups is 3. The van der Waals surface area contributed by atoms with Crippen LogP contribution in [0, 0.1) is 0 Å². The molecule has 0 saturated carbocycles. The minimum absolute atomic E-state index is 0.0300. The maximum absolute atomic E-state index is 11.2. The van der Waals surface area contributed by atoms with E-state index in [1.807, 2.05) is 0 Å². The Morgan fingerprint density at radius 1 is 1.40 bits per heavy atom. The summed E-state index contributed by atoms with van der Waals surface area (Å²) in [5.74, 6) is -2.14. The number of amides is 2. The van der Waals surface area contributed by atoms with Crippen LogP contribution in [0.15, 0.2) is 12.2 Å². The number of nitrogens with zero attached hydrogens (tertiary/aromatic N) is 1. The number of aliphatic carboxylic acids is 1. The molecule has 0 aromatic rings. The van der Waals surface area contributed by atoms with Crippen LogP contribution >= 0.6 is 0 Å². The van der Waals surface area contributed by atoms with Gasteiger partial charge in [-0.15, -0.1) is 0 Å². The number of carboxylic acids is 1. The molecule has 0 atom stereocenters. The highest BCUT2D eigenvalue weighted by molar-refractivity contribution is 5.94. The molecule has 0 spiro atoms. The number of rotatable bonds is 5. The van der Waals surface area contributed by atoms with Crippen LogP contribution in [0.3, 0.4) is 0 Å². The van der Waals surface area contributed by atoms with Crippen LogP contribution in [0.5, 0.6) is 0 Å². The van der Waals surface area contributed by atoms with E-state index >= 15 is 0 Å². The molecule has 6 heteroatoms. The lowest BCUT2D eigenvalue weighted by Crippen LogP contribution is -2.39. The molecule has 84 valence electrons. The second-order valence-electron chi connectivity index (χ2n) is 3.11. The second kappa shape index (κ2) is 5.79. The van der Waals surface area contributed by atoms with E-state index in [4.69, 9.17) is 5.11 Å². The predicted octanol–water partition coefficient (Wildman–Crippen LogP) is -0.431. The Bertz CT molecular complexity index is 298. The molecule has 0 aromatic carbocycles. The quantitative estimate of drug-likeness (QED) is 0.369. The van der Waals surface area contributed by atoms with E-state index in [0.29, 0.717) is 5.57 Å². The van der Waals surface area contributed by atoms with Crippen molar-refractivity contribution in [2.24, 2.45) is 0 Å². The zero-order valence-corrected chi connectivity index (χ0v) is 8.74. The van der Waals surface area contributed by atoms with Gasteiger partial charge in [0.25, 0.3) is 0 Å². The monoisotopic (exact) mass is 214 g/mol. The molecule has 0 saturated heterocycles. The summed E-state index contributed by atoms with van der Waals surface area (Å²) in [6.45, 7) is 4.98. The molecule has 0 rings (SSSR count). The van der Waals surface area contributed by atoms with Crippen LogP contribution in [0.2, 0.25) is 0 Å². The summed E-state index contributed by atoms with van der Waals surface area (Å²) >= 11 is 0. The van der Waals surface area contributed by atoms with Crippen LogP contribution in [0.4, 0.5) is 0 Å². The van der Waals surface area contributed by atoms with Gasteiger partial charge in [-0.25, -0.2) is 0 Å². The molecule has 0 fully saturated rings. The number of hydrogen-bond donors (Lipinski definition) is 2. The molecule has 2 amide bonds. The maximum atomic E-state index is 11.2. The van der Waals surface area contributed by atoms with Crippen LogP contribution in [-0.2, 0) is 14.4 Å². The summed E-state index contributed by atoms with van der Waals surface area (Å²) in [7, 11) is 1.48. The first-order valence-corrected chi connectivity index (χ1v) is 4.24. The Hall–Kier alpha value is -1.85. The maximum Gasteiger partial charge on any atom is 0.312 e. The fourth-order valence-electron chi connectivity index (χ4n) is 0.804. The molecule has 15 heavy (non-hydrogen) atoms. The third-order valence-corrected chi connectivity index (χ3v) is 1.54. The third-order valence-electron chi connectivity index (χ3n) is 1.54. The van der Waals surface area contributed by atoms with E-state index in [-0.39, 0.29) is 12.6 Å². The lowest BCUT2D eigenvalue weighted by atomic mass is 10.3. The van der Waals surface area contributed by atoms with Crippen molar-refractivity contribution in [1.29, 1.82) is 0 Å². The number of nitrogens with one attached hydrogen (secondary N) is 1. The van der Waals surface area contributed by atoms with Gasteiger partial charge in [0, 0.05) is 12.6 Å². The summed E-state index contributed by atoms with van der Waals surface area (Å²) in [5, 5.41) is 10.6. The SMILES string of the molecule is C=C(C)C(=O)N(C)CNC(=O)CC(=O)O. The summed E-state index contributed by atoms with van der Waals surface area (Å²) in [4.78, 5) is 33.5. The molecule has 0 unspecified atom stereocenters. The normalized spacial score (nSPS) is 9.20. The molecular weight excluding hydrogens is 200 g/mol. The Morgan fingerprint density at radius 2 is 1.93 bits per heavy atom. The lowest BCUT2D eigenvalue weighted by molar-refractivity contribution is -0.140. The van der Waals surface area contributed by atoms with Gasteiger partial charge in [0.05, 0.1) is 6.67 Å². The number of carboxylic acid groups (broad SMARTS) is 1. The van der Waals surface area contributed by atoms with Gasteiger partial charge in [-0.2, -0.15) is 0 Å². The predicted molar refractivity (Wildman–Crippen MR) is 52.8 cm³/mol. The minimum atomic E-state index is -1.21. The van der Waals surface area contributed by atoms with Crippen molar-refractivity contribution >= 4 is 17.8 Å². The van der Waals surface area contributed by atoms with E-state index in [2.05, 4.69) is 11.9 Å². The van der Waals surface area contributed by atoms with Crippen LogP contribution in [-0.4, -0.2) is 41.5 Å². The van der Waals surface area contributed by atoms with Gasteiger partial charge < -0.3 is 15.3 Å². The van der Waals surface area contributed by atoms with Gasteiger partial charge in [0.1, 0.15) is 6.42 Å². The van der Waals surface area contributed by atoms with Gasteiger partial charge in [-0.05, 0) is 6.92 Å². The minimum Gasteiger partial charge on any atom is -0.481 e. The molecule has 0 radical (unpaired) electrons. The molecule has 0 heterocycles. The van der Waals surface area contributed by atoms with E-state index in [9.17, 15) is 14.4 Å². The Kier molecular flexibility index (Phi) is 5.08. The number of hydrogen-bond acceptors (Lipinski definition) is 3. The Balaban J connectivity index is 3.95. The van der Waals surface area contributed by atoms with Gasteiger partial charge in [-0.3, -0.25) is 14.4 Å². The fraction of sp³-hybridized carbons (Fsp3) is 0.444. The van der Waals surface area contributed by atoms with Gasteiger partial charge in [-0.1, -0.05) is 6.58 Å². The van der Waals surface area contributed by atoms with Crippen molar-refractivity contribution in [3.8, 4) is 0 Å². The number of likely N-dealkylation sites (N-methyl/N-ethyl adjacent to an activating group) is 1. The van der Waals surface area contributed by atoms with Crippen molar-refractivity contribution < 1.29 is 19.5 Å². The first kappa shape index (κ1) is 13.2. The highest BCUT2D eigenvalue weighted by Crippen LogP contribution is 1.93. The van der Waals surface area contributed by atoms with E-state index in [0.717, 1.165) is 0 Å². The van der Waals surface area contributed by atoms with Crippen molar-refractivity contribution in [3.05, 3.63) is 12.2 Å². The zero-order valence-electron chi connectivity index (χ0n) is 8.74. The van der Waals surface area contributed by atoms with Crippen LogP contribution in [0.1, 0.15) is 13.3 Å². The van der Waals surface area contributed by atoms with E-state index < -0.39 is 18.3 Å². The van der Waals surface area contributed by atoms with Gasteiger partial charge in [0.15, 0.2) is 0 Å².